The Morgan fingerprint density at radius 2 is 1.95 bits per heavy atom. The fourth-order valence-electron chi connectivity index (χ4n) is 3.29. The first-order valence-corrected chi connectivity index (χ1v) is 7.66. The van der Waals surface area contributed by atoms with Crippen molar-refractivity contribution in [2.45, 2.75) is 25.3 Å². The molecule has 1 atom stereocenters. The Hall–Kier alpha value is -2.62. The maximum atomic E-state index is 6.11. The van der Waals surface area contributed by atoms with Crippen LogP contribution in [0.4, 0.5) is 11.4 Å². The number of hydrogen-bond acceptors (Lipinski definition) is 4. The summed E-state index contributed by atoms with van der Waals surface area (Å²) in [6, 6.07) is 13.0. The van der Waals surface area contributed by atoms with Gasteiger partial charge in [-0.25, -0.2) is 0 Å². The van der Waals surface area contributed by atoms with E-state index in [1.807, 2.05) is 12.1 Å². The molecule has 0 aliphatic heterocycles. The molecule has 0 unspecified atom stereocenters. The van der Waals surface area contributed by atoms with E-state index in [4.69, 9.17) is 5.73 Å². The molecule has 1 aromatic heterocycles. The number of nitrogen functional groups attached to an aromatic ring is 1. The molecule has 4 heteroatoms. The summed E-state index contributed by atoms with van der Waals surface area (Å²) >= 11 is 0. The van der Waals surface area contributed by atoms with Gasteiger partial charge in [0.25, 0.3) is 0 Å². The lowest BCUT2D eigenvalue weighted by Gasteiger charge is -2.27. The summed E-state index contributed by atoms with van der Waals surface area (Å²) < 4.78 is 0. The maximum absolute atomic E-state index is 6.11. The minimum Gasteiger partial charge on any atom is -0.397 e. The van der Waals surface area contributed by atoms with Crippen LogP contribution in [0, 0.1) is 0 Å². The van der Waals surface area contributed by atoms with Gasteiger partial charge < -0.3 is 11.1 Å². The quantitative estimate of drug-likeness (QED) is 0.706. The fraction of sp³-hybridized carbons (Fsp3) is 0.222. The Kier molecular flexibility index (Phi) is 3.15. The highest BCUT2D eigenvalue weighted by atomic mass is 14.9. The van der Waals surface area contributed by atoms with E-state index in [0.717, 1.165) is 23.1 Å². The molecule has 0 amide bonds. The molecule has 3 N–H and O–H groups in total. The predicted molar refractivity (Wildman–Crippen MR) is 89.7 cm³/mol. The van der Waals surface area contributed by atoms with Gasteiger partial charge in [-0.3, -0.25) is 9.97 Å². The van der Waals surface area contributed by atoms with Crippen LogP contribution in [-0.4, -0.2) is 9.97 Å². The Morgan fingerprint density at radius 1 is 1.09 bits per heavy atom. The second kappa shape index (κ2) is 5.30. The molecule has 0 spiro atoms. The van der Waals surface area contributed by atoms with Crippen LogP contribution in [0.3, 0.4) is 0 Å². The Morgan fingerprint density at radius 3 is 2.91 bits per heavy atom. The molecule has 3 aromatic rings. The molecule has 1 heterocycles. The number of rotatable bonds is 2. The summed E-state index contributed by atoms with van der Waals surface area (Å²) in [5.41, 5.74) is 12.2. The summed E-state index contributed by atoms with van der Waals surface area (Å²) in [5.74, 6) is 0. The highest BCUT2D eigenvalue weighted by Crippen LogP contribution is 2.33. The van der Waals surface area contributed by atoms with Crippen LogP contribution in [0.15, 0.2) is 48.8 Å². The Balaban J connectivity index is 1.70. The molecule has 4 nitrogen and oxygen atoms in total. The first-order chi connectivity index (χ1) is 10.8. The van der Waals surface area contributed by atoms with Crippen molar-refractivity contribution in [2.24, 2.45) is 0 Å². The van der Waals surface area contributed by atoms with Gasteiger partial charge in [0.1, 0.15) is 5.52 Å². The summed E-state index contributed by atoms with van der Waals surface area (Å²) in [7, 11) is 0. The largest absolute Gasteiger partial charge is 0.397 e. The lowest BCUT2D eigenvalue weighted by molar-refractivity contribution is 0.600. The van der Waals surface area contributed by atoms with Crippen LogP contribution in [0.1, 0.15) is 30.0 Å². The third-order valence-corrected chi connectivity index (χ3v) is 4.31. The minimum absolute atomic E-state index is 0.332. The highest BCUT2D eigenvalue weighted by Gasteiger charge is 2.19. The molecular weight excluding hydrogens is 272 g/mol. The molecular formula is C18H18N4. The van der Waals surface area contributed by atoms with E-state index < -0.39 is 0 Å². The van der Waals surface area contributed by atoms with Gasteiger partial charge in [0.15, 0.2) is 0 Å². The van der Waals surface area contributed by atoms with Crippen molar-refractivity contribution in [1.29, 1.82) is 0 Å². The minimum atomic E-state index is 0.332. The van der Waals surface area contributed by atoms with Gasteiger partial charge in [-0.1, -0.05) is 24.3 Å². The molecule has 1 aliphatic rings. The van der Waals surface area contributed by atoms with Crippen LogP contribution >= 0.6 is 0 Å². The van der Waals surface area contributed by atoms with Crippen molar-refractivity contribution < 1.29 is 0 Å². The predicted octanol–water partition coefficient (Wildman–Crippen LogP) is 3.70. The number of benzene rings is 2. The smallest absolute Gasteiger partial charge is 0.112 e. The standard InChI is InChI=1S/C18H18N4/c19-15-10-13(11-17-18(15)21-9-8-20-17)22-16-7-3-5-12-4-1-2-6-14(12)16/h1-2,4,6,8-11,16,22H,3,5,7,19H2/t16-/m1/s1. The van der Waals surface area contributed by atoms with E-state index >= 15 is 0 Å². The second-order valence-electron chi connectivity index (χ2n) is 5.78. The van der Waals surface area contributed by atoms with Gasteiger partial charge in [-0.2, -0.15) is 0 Å². The highest BCUT2D eigenvalue weighted by molar-refractivity contribution is 5.89. The van der Waals surface area contributed by atoms with Crippen LogP contribution in [0.25, 0.3) is 11.0 Å². The van der Waals surface area contributed by atoms with E-state index in [2.05, 4.69) is 39.6 Å². The topological polar surface area (TPSA) is 63.8 Å². The summed E-state index contributed by atoms with van der Waals surface area (Å²) in [4.78, 5) is 8.65. The molecule has 22 heavy (non-hydrogen) atoms. The summed E-state index contributed by atoms with van der Waals surface area (Å²) in [6.07, 6.45) is 6.87. The van der Waals surface area contributed by atoms with Crippen LogP contribution < -0.4 is 11.1 Å². The zero-order valence-corrected chi connectivity index (χ0v) is 12.3. The van der Waals surface area contributed by atoms with Crippen LogP contribution in [0.5, 0.6) is 0 Å². The summed E-state index contributed by atoms with van der Waals surface area (Å²) in [5, 5.41) is 3.62. The third-order valence-electron chi connectivity index (χ3n) is 4.31. The zero-order valence-electron chi connectivity index (χ0n) is 12.3. The van der Waals surface area contributed by atoms with Gasteiger partial charge in [0.05, 0.1) is 17.2 Å². The SMILES string of the molecule is Nc1cc(N[C@@H]2CCCc3ccccc32)cc2nccnc12. The van der Waals surface area contributed by atoms with Crippen molar-refractivity contribution in [3.63, 3.8) is 0 Å². The second-order valence-corrected chi connectivity index (χ2v) is 5.78. The van der Waals surface area contributed by atoms with Gasteiger partial charge in [0.2, 0.25) is 0 Å². The Bertz CT molecular complexity index is 828. The normalized spacial score (nSPS) is 17.2. The Labute approximate surface area is 129 Å². The average molecular weight is 290 g/mol. The average Bonchev–Trinajstić information content (AvgIpc) is 2.55. The van der Waals surface area contributed by atoms with Crippen molar-refractivity contribution in [2.75, 3.05) is 11.1 Å². The van der Waals surface area contributed by atoms with Gasteiger partial charge >= 0.3 is 0 Å². The molecule has 0 saturated heterocycles. The number of nitrogens with zero attached hydrogens (tertiary/aromatic N) is 2. The van der Waals surface area contributed by atoms with Gasteiger partial charge in [-0.05, 0) is 42.5 Å². The number of aromatic nitrogens is 2. The van der Waals surface area contributed by atoms with E-state index in [-0.39, 0.29) is 0 Å². The molecule has 0 saturated carbocycles. The molecule has 0 bridgehead atoms. The van der Waals surface area contributed by atoms with Gasteiger partial charge in [-0.15, -0.1) is 0 Å². The molecule has 4 rings (SSSR count). The number of nitrogens with two attached hydrogens (primary N) is 1. The van der Waals surface area contributed by atoms with Crippen molar-refractivity contribution >= 4 is 22.4 Å². The molecule has 110 valence electrons. The van der Waals surface area contributed by atoms with Crippen LogP contribution in [-0.2, 0) is 6.42 Å². The molecule has 0 fully saturated rings. The van der Waals surface area contributed by atoms with E-state index in [0.29, 0.717) is 11.7 Å². The zero-order chi connectivity index (χ0) is 14.9. The first kappa shape index (κ1) is 13.1. The number of fused-ring (bicyclic) bond motifs is 2. The molecule has 2 aromatic carbocycles. The lowest BCUT2D eigenvalue weighted by Crippen LogP contribution is -2.17. The first-order valence-electron chi connectivity index (χ1n) is 7.66. The summed E-state index contributed by atoms with van der Waals surface area (Å²) in [6.45, 7) is 0. The maximum Gasteiger partial charge on any atom is 0.112 e. The van der Waals surface area contributed by atoms with Crippen molar-refractivity contribution in [1.82, 2.24) is 9.97 Å². The van der Waals surface area contributed by atoms with Gasteiger partial charge in [0, 0.05) is 18.1 Å². The number of hydrogen-bond donors (Lipinski definition) is 2. The van der Waals surface area contributed by atoms with E-state index in [9.17, 15) is 0 Å². The number of anilines is 2. The third kappa shape index (κ3) is 2.26. The molecule has 1 aliphatic carbocycles. The number of nitrogens with one attached hydrogen (secondary N) is 1. The van der Waals surface area contributed by atoms with Crippen molar-refractivity contribution in [3.8, 4) is 0 Å². The van der Waals surface area contributed by atoms with E-state index in [1.165, 1.54) is 24.0 Å². The van der Waals surface area contributed by atoms with Crippen molar-refractivity contribution in [3.05, 3.63) is 59.9 Å². The van der Waals surface area contributed by atoms with E-state index in [1.54, 1.807) is 12.4 Å². The number of aryl methyl sites for hydroxylation is 1. The fourth-order valence-corrected chi connectivity index (χ4v) is 3.29. The monoisotopic (exact) mass is 290 g/mol. The lowest BCUT2D eigenvalue weighted by atomic mass is 9.87. The van der Waals surface area contributed by atoms with Crippen LogP contribution in [0.2, 0.25) is 0 Å². The molecule has 0 radical (unpaired) electrons.